The van der Waals surface area contributed by atoms with Crippen molar-refractivity contribution in [3.8, 4) is 0 Å². The molecule has 6 nitrogen and oxygen atoms in total. The molecule has 0 aliphatic carbocycles. The number of ether oxygens (including phenoxy) is 1. The molecule has 1 fully saturated rings. The van der Waals surface area contributed by atoms with Crippen molar-refractivity contribution in [3.63, 3.8) is 0 Å². The fourth-order valence-electron chi connectivity index (χ4n) is 2.04. The van der Waals surface area contributed by atoms with Gasteiger partial charge in [-0.05, 0) is 12.1 Å². The highest BCUT2D eigenvalue weighted by Gasteiger charge is 2.38. The van der Waals surface area contributed by atoms with E-state index >= 15 is 0 Å². The average molecular weight is 264 g/mol. The molecule has 1 heterocycles. The third-order valence-electron chi connectivity index (χ3n) is 3.21. The number of anilines is 1. The van der Waals surface area contributed by atoms with E-state index < -0.39 is 17.9 Å². The van der Waals surface area contributed by atoms with Crippen LogP contribution < -0.4 is 5.32 Å². The Morgan fingerprint density at radius 3 is 2.63 bits per heavy atom. The maximum Gasteiger partial charge on any atom is 0.321 e. The summed E-state index contributed by atoms with van der Waals surface area (Å²) in [7, 11) is 1.58. The zero-order valence-corrected chi connectivity index (χ0v) is 10.6. The number of hydrogen-bond acceptors (Lipinski definition) is 3. The lowest BCUT2D eigenvalue weighted by Gasteiger charge is -2.26. The number of carbonyl (C=O) groups is 2. The van der Waals surface area contributed by atoms with Gasteiger partial charge < -0.3 is 20.1 Å². The van der Waals surface area contributed by atoms with Crippen LogP contribution in [0.1, 0.15) is 0 Å². The molecule has 0 spiro atoms. The highest BCUT2D eigenvalue weighted by Crippen LogP contribution is 2.19. The van der Waals surface area contributed by atoms with Gasteiger partial charge in [0.1, 0.15) is 5.92 Å². The third-order valence-corrected chi connectivity index (χ3v) is 3.21. The number of aliphatic carboxylic acids is 1. The van der Waals surface area contributed by atoms with Crippen molar-refractivity contribution >= 4 is 17.7 Å². The monoisotopic (exact) mass is 264 g/mol. The molecule has 6 heteroatoms. The number of likely N-dealkylation sites (N-methyl/N-ethyl adjacent to an activating group) is 1. The Morgan fingerprint density at radius 1 is 1.32 bits per heavy atom. The summed E-state index contributed by atoms with van der Waals surface area (Å²) in [6, 6.07) is 8.24. The molecule has 1 aromatic rings. The smallest absolute Gasteiger partial charge is 0.321 e. The Balaban J connectivity index is 2.01. The summed E-state index contributed by atoms with van der Waals surface area (Å²) in [6.45, 7) is 0.388. The Hall–Kier alpha value is -2.08. The first-order chi connectivity index (χ1) is 9.09. The lowest BCUT2D eigenvalue weighted by molar-refractivity contribution is -0.142. The Kier molecular flexibility index (Phi) is 4.01. The summed E-state index contributed by atoms with van der Waals surface area (Å²) in [6.07, 6.45) is 0. The molecule has 102 valence electrons. The molecule has 2 atom stereocenters. The molecule has 2 rings (SSSR count). The third kappa shape index (κ3) is 3.03. The summed E-state index contributed by atoms with van der Waals surface area (Å²) < 4.78 is 5.15. The van der Waals surface area contributed by atoms with Crippen LogP contribution in [-0.4, -0.2) is 48.3 Å². The minimum absolute atomic E-state index is 0.142. The van der Waals surface area contributed by atoms with Crippen molar-refractivity contribution < 1.29 is 19.4 Å². The van der Waals surface area contributed by atoms with E-state index in [0.29, 0.717) is 5.69 Å². The molecule has 1 saturated heterocycles. The van der Waals surface area contributed by atoms with Gasteiger partial charge in [0, 0.05) is 12.7 Å². The Labute approximate surface area is 111 Å². The van der Waals surface area contributed by atoms with Gasteiger partial charge in [-0.3, -0.25) is 4.79 Å². The predicted molar refractivity (Wildman–Crippen MR) is 69.0 cm³/mol. The number of carbonyl (C=O) groups excluding carboxylic acids is 1. The van der Waals surface area contributed by atoms with Gasteiger partial charge >= 0.3 is 12.0 Å². The second kappa shape index (κ2) is 5.71. The number of rotatable bonds is 3. The SMILES string of the molecule is CN(C(=O)Nc1ccccc1)C1COCC1C(=O)O. The molecular weight excluding hydrogens is 248 g/mol. The molecule has 1 aliphatic heterocycles. The van der Waals surface area contributed by atoms with E-state index in [1.807, 2.05) is 18.2 Å². The van der Waals surface area contributed by atoms with E-state index in [0.717, 1.165) is 0 Å². The van der Waals surface area contributed by atoms with Gasteiger partial charge in [-0.15, -0.1) is 0 Å². The van der Waals surface area contributed by atoms with E-state index in [-0.39, 0.29) is 19.2 Å². The highest BCUT2D eigenvalue weighted by molar-refractivity contribution is 5.89. The minimum Gasteiger partial charge on any atom is -0.481 e. The molecule has 2 amide bonds. The first kappa shape index (κ1) is 13.4. The van der Waals surface area contributed by atoms with Crippen LogP contribution in [0.3, 0.4) is 0 Å². The van der Waals surface area contributed by atoms with Gasteiger partial charge in [0.25, 0.3) is 0 Å². The van der Waals surface area contributed by atoms with Crippen molar-refractivity contribution in [2.24, 2.45) is 5.92 Å². The van der Waals surface area contributed by atoms with E-state index in [9.17, 15) is 9.59 Å². The van der Waals surface area contributed by atoms with Gasteiger partial charge in [0.2, 0.25) is 0 Å². The van der Waals surface area contributed by atoms with Gasteiger partial charge in [-0.25, -0.2) is 4.79 Å². The second-order valence-electron chi connectivity index (χ2n) is 4.46. The predicted octanol–water partition coefficient (Wildman–Crippen LogP) is 1.25. The van der Waals surface area contributed by atoms with Crippen LogP contribution in [0.2, 0.25) is 0 Å². The largest absolute Gasteiger partial charge is 0.481 e. The summed E-state index contributed by atoms with van der Waals surface area (Å²) in [4.78, 5) is 24.5. The van der Waals surface area contributed by atoms with Gasteiger partial charge in [-0.2, -0.15) is 0 Å². The molecule has 1 aliphatic rings. The average Bonchev–Trinajstić information content (AvgIpc) is 2.88. The Morgan fingerprint density at radius 2 is 2.00 bits per heavy atom. The minimum atomic E-state index is -0.943. The molecule has 2 unspecified atom stereocenters. The van der Waals surface area contributed by atoms with Gasteiger partial charge in [0.15, 0.2) is 0 Å². The fourth-order valence-corrected chi connectivity index (χ4v) is 2.04. The quantitative estimate of drug-likeness (QED) is 0.861. The van der Waals surface area contributed by atoms with E-state index in [2.05, 4.69) is 5.32 Å². The molecule has 0 radical (unpaired) electrons. The summed E-state index contributed by atoms with van der Waals surface area (Å²) in [5.41, 5.74) is 0.671. The molecule has 2 N–H and O–H groups in total. The van der Waals surface area contributed by atoms with Crippen LogP contribution in [-0.2, 0) is 9.53 Å². The van der Waals surface area contributed by atoms with Crippen LogP contribution in [0, 0.1) is 5.92 Å². The molecular formula is C13H16N2O4. The number of para-hydroxylation sites is 1. The molecule has 0 aromatic heterocycles. The van der Waals surface area contributed by atoms with Crippen molar-refractivity contribution in [2.45, 2.75) is 6.04 Å². The normalized spacial score (nSPS) is 21.9. The summed E-state index contributed by atoms with van der Waals surface area (Å²) >= 11 is 0. The summed E-state index contributed by atoms with van der Waals surface area (Å²) in [5.74, 6) is -1.62. The maximum atomic E-state index is 12.0. The van der Waals surface area contributed by atoms with Gasteiger partial charge in [0.05, 0.1) is 19.3 Å². The number of nitrogens with zero attached hydrogens (tertiary/aromatic N) is 1. The van der Waals surface area contributed by atoms with E-state index in [1.54, 1.807) is 19.2 Å². The highest BCUT2D eigenvalue weighted by atomic mass is 16.5. The number of urea groups is 1. The first-order valence-corrected chi connectivity index (χ1v) is 5.99. The maximum absolute atomic E-state index is 12.0. The molecule has 0 saturated carbocycles. The number of carboxylic acid groups (broad SMARTS) is 1. The van der Waals surface area contributed by atoms with Crippen molar-refractivity contribution in [1.82, 2.24) is 4.90 Å². The first-order valence-electron chi connectivity index (χ1n) is 5.99. The number of hydrogen-bond donors (Lipinski definition) is 2. The number of nitrogens with one attached hydrogen (secondary N) is 1. The van der Waals surface area contributed by atoms with Gasteiger partial charge in [-0.1, -0.05) is 18.2 Å². The van der Waals surface area contributed by atoms with Crippen LogP contribution in [0.25, 0.3) is 0 Å². The number of benzene rings is 1. The van der Waals surface area contributed by atoms with E-state index in [1.165, 1.54) is 4.90 Å². The van der Waals surface area contributed by atoms with Crippen LogP contribution in [0.4, 0.5) is 10.5 Å². The zero-order valence-electron chi connectivity index (χ0n) is 10.6. The van der Waals surface area contributed by atoms with Crippen LogP contribution in [0.5, 0.6) is 0 Å². The number of amides is 2. The number of carboxylic acids is 1. The Bertz CT molecular complexity index is 463. The molecule has 0 bridgehead atoms. The lowest BCUT2D eigenvalue weighted by atomic mass is 10.0. The molecule has 19 heavy (non-hydrogen) atoms. The van der Waals surface area contributed by atoms with Crippen molar-refractivity contribution in [3.05, 3.63) is 30.3 Å². The van der Waals surface area contributed by atoms with E-state index in [4.69, 9.17) is 9.84 Å². The standard InChI is InChI=1S/C13H16N2O4/c1-15(11-8-19-7-10(11)12(16)17)13(18)14-9-5-3-2-4-6-9/h2-6,10-11H,7-8H2,1H3,(H,14,18)(H,16,17). The fraction of sp³-hybridized carbons (Fsp3) is 0.385. The van der Waals surface area contributed by atoms with Crippen molar-refractivity contribution in [1.29, 1.82) is 0 Å². The zero-order chi connectivity index (χ0) is 13.8. The topological polar surface area (TPSA) is 78.9 Å². The van der Waals surface area contributed by atoms with Crippen LogP contribution in [0.15, 0.2) is 30.3 Å². The summed E-state index contributed by atoms with van der Waals surface area (Å²) in [5, 5.41) is 11.8. The van der Waals surface area contributed by atoms with Crippen LogP contribution >= 0.6 is 0 Å². The van der Waals surface area contributed by atoms with Crippen molar-refractivity contribution in [2.75, 3.05) is 25.6 Å². The second-order valence-corrected chi connectivity index (χ2v) is 4.46. The molecule has 1 aromatic carbocycles. The lowest BCUT2D eigenvalue weighted by Crippen LogP contribution is -2.45.